The maximum atomic E-state index is 12.6. The molecule has 6 nitrogen and oxygen atoms in total. The van der Waals surface area contributed by atoms with Gasteiger partial charge in [-0.1, -0.05) is 38.9 Å². The van der Waals surface area contributed by atoms with Gasteiger partial charge in [-0.15, -0.1) is 11.3 Å². The number of aromatic hydroxyl groups is 1. The van der Waals surface area contributed by atoms with E-state index in [0.29, 0.717) is 41.0 Å². The lowest BCUT2D eigenvalue weighted by Gasteiger charge is -2.51. The van der Waals surface area contributed by atoms with Crippen LogP contribution in [-0.2, 0) is 21.5 Å². The van der Waals surface area contributed by atoms with Crippen LogP contribution in [0.4, 0.5) is 5.13 Å². The van der Waals surface area contributed by atoms with Gasteiger partial charge >= 0.3 is 0 Å². The predicted octanol–water partition coefficient (Wildman–Crippen LogP) is 7.95. The largest absolute Gasteiger partial charge is 0.507 e. The van der Waals surface area contributed by atoms with Gasteiger partial charge in [-0.3, -0.25) is 4.79 Å². The summed E-state index contributed by atoms with van der Waals surface area (Å²) < 4.78 is 1.05. The quantitative estimate of drug-likeness (QED) is 0.243. The average molecular weight is 664 g/mol. The van der Waals surface area contributed by atoms with Crippen molar-refractivity contribution in [1.82, 2.24) is 4.98 Å². The minimum absolute atomic E-state index is 0.0386. The second-order valence-corrected chi connectivity index (χ2v) is 15.4. The number of rotatable bonds is 6. The molecule has 3 unspecified atom stereocenters. The number of amides is 1. The molecule has 1 aromatic carbocycles. The van der Waals surface area contributed by atoms with Crippen LogP contribution < -0.4 is 5.32 Å². The van der Waals surface area contributed by atoms with Gasteiger partial charge in [-0.05, 0) is 115 Å². The zero-order valence-corrected chi connectivity index (χ0v) is 27.0. The molecular weight excluding hydrogens is 621 g/mol. The summed E-state index contributed by atoms with van der Waals surface area (Å²) in [5.41, 5.74) is 5.03. The number of benzene rings is 1. The minimum atomic E-state index is -0.110. The first-order valence-electron chi connectivity index (χ1n) is 14.3. The molecule has 0 aliphatic heterocycles. The van der Waals surface area contributed by atoms with Crippen LogP contribution in [0.15, 0.2) is 17.4 Å². The average Bonchev–Trinajstić information content (AvgIpc) is 3.40. The zero-order valence-electron chi connectivity index (χ0n) is 24.1. The molecule has 3 aliphatic carbocycles. The van der Waals surface area contributed by atoms with Gasteiger partial charge < -0.3 is 15.3 Å². The summed E-state index contributed by atoms with van der Waals surface area (Å²) in [5, 5.41) is 19.3. The summed E-state index contributed by atoms with van der Waals surface area (Å²) in [5.74, 6) is 2.61. The van der Waals surface area contributed by atoms with Crippen molar-refractivity contribution in [3.8, 4) is 5.75 Å². The minimum Gasteiger partial charge on any atom is -0.507 e. The van der Waals surface area contributed by atoms with Crippen molar-refractivity contribution in [2.45, 2.75) is 97.3 Å². The monoisotopic (exact) mass is 663 g/mol. The van der Waals surface area contributed by atoms with E-state index in [9.17, 15) is 9.90 Å². The van der Waals surface area contributed by atoms with Crippen LogP contribution in [0.5, 0.6) is 5.75 Å². The first kappa shape index (κ1) is 28.8. The van der Waals surface area contributed by atoms with Crippen LogP contribution in [0.3, 0.4) is 0 Å². The van der Waals surface area contributed by atoms with Crippen molar-refractivity contribution in [3.63, 3.8) is 0 Å². The topological polar surface area (TPSA) is 83.8 Å². The molecule has 0 saturated heterocycles. The third-order valence-corrected chi connectivity index (χ3v) is 11.7. The van der Waals surface area contributed by atoms with Gasteiger partial charge in [0, 0.05) is 28.5 Å². The Balaban J connectivity index is 1.39. The highest BCUT2D eigenvalue weighted by Gasteiger charge is 2.57. The van der Waals surface area contributed by atoms with Gasteiger partial charge in [-0.2, -0.15) is 0 Å². The normalized spacial score (nSPS) is 29.1. The number of oxime groups is 1. The fourth-order valence-corrected chi connectivity index (χ4v) is 9.51. The van der Waals surface area contributed by atoms with Gasteiger partial charge in [0.05, 0.1) is 9.28 Å². The number of nitrogens with zero attached hydrogens (tertiary/aromatic N) is 2. The van der Waals surface area contributed by atoms with E-state index < -0.39 is 0 Å². The molecule has 2 aromatic rings. The number of thiazole rings is 1. The van der Waals surface area contributed by atoms with Crippen LogP contribution in [0.1, 0.15) is 100 Å². The molecule has 2 fully saturated rings. The molecule has 0 spiro atoms. The maximum Gasteiger partial charge on any atom is 0.226 e. The van der Waals surface area contributed by atoms with Crippen molar-refractivity contribution in [1.29, 1.82) is 0 Å². The Morgan fingerprint density at radius 3 is 2.79 bits per heavy atom. The molecule has 1 amide bonds. The number of aromatic nitrogens is 1. The molecule has 8 heteroatoms. The van der Waals surface area contributed by atoms with Crippen LogP contribution in [-0.4, -0.2) is 28.8 Å². The van der Waals surface area contributed by atoms with E-state index in [4.69, 9.17) is 4.84 Å². The fourth-order valence-electron chi connectivity index (χ4n) is 7.96. The maximum absolute atomic E-state index is 12.6. The third-order valence-electron chi connectivity index (χ3n) is 9.67. The fraction of sp³-hybridized carbons (Fsp3) is 0.645. The highest BCUT2D eigenvalue weighted by atomic mass is 127. The first-order chi connectivity index (χ1) is 18.4. The molecule has 1 aromatic heterocycles. The van der Waals surface area contributed by atoms with Crippen LogP contribution in [0, 0.1) is 33.7 Å². The number of halogens is 1. The number of nitrogens with one attached hydrogen (secondary N) is 1. The van der Waals surface area contributed by atoms with E-state index in [0.717, 1.165) is 59.0 Å². The van der Waals surface area contributed by atoms with Crippen molar-refractivity contribution < 1.29 is 14.7 Å². The number of hydrogen-bond donors (Lipinski definition) is 2. The molecule has 212 valence electrons. The Bertz CT molecular complexity index is 1280. The van der Waals surface area contributed by atoms with E-state index in [2.05, 4.69) is 71.8 Å². The number of aryl methyl sites for hydroxylation is 1. The zero-order chi connectivity index (χ0) is 28.1. The van der Waals surface area contributed by atoms with Gasteiger partial charge in [-0.25, -0.2) is 4.98 Å². The molecule has 0 bridgehead atoms. The molecule has 39 heavy (non-hydrogen) atoms. The van der Waals surface area contributed by atoms with E-state index in [1.807, 2.05) is 6.92 Å². The second kappa shape index (κ2) is 11.0. The van der Waals surface area contributed by atoms with Crippen LogP contribution in [0.2, 0.25) is 0 Å². The number of fused-ring (bicyclic) bond motifs is 5. The SMILES string of the molecule is CO/N=C1\C[C@@H](CCCC(=O)Nc2ncc(C)s2)C2C3CCc4c(cc(C(C)(C)C)c(O)c4I)C3CC[C@]12C. The smallest absolute Gasteiger partial charge is 0.226 e. The van der Waals surface area contributed by atoms with E-state index in [1.165, 1.54) is 28.2 Å². The Kier molecular flexibility index (Phi) is 8.10. The van der Waals surface area contributed by atoms with Gasteiger partial charge in [0.1, 0.15) is 12.9 Å². The Morgan fingerprint density at radius 2 is 2.13 bits per heavy atom. The van der Waals surface area contributed by atoms with Crippen molar-refractivity contribution >= 4 is 50.7 Å². The van der Waals surface area contributed by atoms with Crippen molar-refractivity contribution in [2.75, 3.05) is 12.4 Å². The summed E-state index contributed by atoms with van der Waals surface area (Å²) in [7, 11) is 1.66. The van der Waals surface area contributed by atoms with Crippen molar-refractivity contribution in [3.05, 3.63) is 37.4 Å². The summed E-state index contributed by atoms with van der Waals surface area (Å²) in [6, 6.07) is 2.34. The Labute approximate surface area is 250 Å². The number of phenolic OH excluding ortho intramolecular Hbond substituents is 1. The van der Waals surface area contributed by atoms with Gasteiger partial charge in [0.2, 0.25) is 5.91 Å². The van der Waals surface area contributed by atoms with Crippen LogP contribution in [0.25, 0.3) is 0 Å². The summed E-state index contributed by atoms with van der Waals surface area (Å²) in [4.78, 5) is 23.4. The predicted molar refractivity (Wildman–Crippen MR) is 167 cm³/mol. The lowest BCUT2D eigenvalue weighted by Crippen LogP contribution is -2.44. The summed E-state index contributed by atoms with van der Waals surface area (Å²) >= 11 is 3.89. The summed E-state index contributed by atoms with van der Waals surface area (Å²) in [6.07, 6.45) is 9.54. The number of carbonyl (C=O) groups is 1. The number of carbonyl (C=O) groups excluding carboxylic acids is 1. The molecule has 1 heterocycles. The number of anilines is 1. The Morgan fingerprint density at radius 1 is 1.36 bits per heavy atom. The number of phenols is 1. The standard InChI is InChI=1S/C31H42IN3O3S/c1-17-16-33-29(39-17)34-25(36)9-7-8-18-14-24(35-38-6)31(5)13-12-19-20(26(18)31)10-11-21-22(19)15-23(30(2,3)4)28(37)27(21)32/h15-16,18-20,26,37H,7-14H2,1-6H3,(H,33,34,36)/b35-24+/t18-,19?,20?,26?,31-/m1/s1. The molecule has 5 rings (SSSR count). The van der Waals surface area contributed by atoms with E-state index >= 15 is 0 Å². The Hall–Kier alpha value is -1.68. The van der Waals surface area contributed by atoms with E-state index in [-0.39, 0.29) is 16.7 Å². The van der Waals surface area contributed by atoms with Gasteiger partial charge in [0.15, 0.2) is 5.13 Å². The molecule has 3 aliphatic rings. The lowest BCUT2D eigenvalue weighted by molar-refractivity contribution is -0.116. The first-order valence-corrected chi connectivity index (χ1v) is 16.2. The molecular formula is C31H42IN3O3S. The highest BCUT2D eigenvalue weighted by molar-refractivity contribution is 14.1. The third kappa shape index (κ3) is 5.36. The highest BCUT2D eigenvalue weighted by Crippen LogP contribution is 2.63. The lowest BCUT2D eigenvalue weighted by atomic mass is 9.53. The second-order valence-electron chi connectivity index (χ2n) is 13.1. The molecule has 5 atom stereocenters. The van der Waals surface area contributed by atoms with Gasteiger partial charge in [0.25, 0.3) is 0 Å². The number of hydrogen-bond acceptors (Lipinski definition) is 6. The summed E-state index contributed by atoms with van der Waals surface area (Å²) in [6.45, 7) is 11.0. The van der Waals surface area contributed by atoms with Crippen molar-refractivity contribution in [2.24, 2.45) is 28.3 Å². The van der Waals surface area contributed by atoms with Crippen LogP contribution >= 0.6 is 33.9 Å². The molecule has 2 N–H and O–H groups in total. The molecule has 0 radical (unpaired) electrons. The van der Waals surface area contributed by atoms with E-state index in [1.54, 1.807) is 13.3 Å². The molecule has 2 saturated carbocycles.